The number of rotatable bonds is 1. The van der Waals surface area contributed by atoms with E-state index in [0.717, 1.165) is 30.0 Å². The molecule has 0 fully saturated rings. The summed E-state index contributed by atoms with van der Waals surface area (Å²) in [6, 6.07) is 1.73. The molecule has 0 amide bonds. The minimum atomic E-state index is 0.535. The van der Waals surface area contributed by atoms with Gasteiger partial charge < -0.3 is 0 Å². The summed E-state index contributed by atoms with van der Waals surface area (Å²) in [6.45, 7) is 0. The Hall–Kier alpha value is -0.470. The number of hydrogen-bond donors (Lipinski definition) is 0. The third kappa shape index (κ3) is 1.38. The Kier molecular flexibility index (Phi) is 2.35. The lowest BCUT2D eigenvalue weighted by Gasteiger charge is -2.01. The van der Waals surface area contributed by atoms with Gasteiger partial charge in [0.1, 0.15) is 7.11 Å². The lowest BCUT2D eigenvalue weighted by Crippen LogP contribution is -2.45. The molecule has 2 nitrogen and oxygen atoms in total. The molecule has 0 saturated heterocycles. The second-order valence-electron chi connectivity index (χ2n) is 3.07. The second kappa shape index (κ2) is 3.35. The van der Waals surface area contributed by atoms with Crippen molar-refractivity contribution in [3.63, 3.8) is 0 Å². The van der Waals surface area contributed by atoms with E-state index in [1.807, 2.05) is 0 Å². The van der Waals surface area contributed by atoms with Crippen molar-refractivity contribution in [3.8, 4) is 0 Å². The summed E-state index contributed by atoms with van der Waals surface area (Å²) >= 11 is 12.0. The van der Waals surface area contributed by atoms with Gasteiger partial charge in [-0.15, -0.1) is 0 Å². The van der Waals surface area contributed by atoms with E-state index in [1.54, 1.807) is 17.9 Å². The number of hydrogen-bond acceptors (Lipinski definition) is 1. The SMILES string of the molecule is CO[n+]1c(Cl)cc(Cl)c2c1CCC2. The quantitative estimate of drug-likeness (QED) is 0.518. The van der Waals surface area contributed by atoms with Gasteiger partial charge in [0.05, 0.1) is 5.02 Å². The third-order valence-corrected chi connectivity index (χ3v) is 2.94. The molecule has 0 spiro atoms. The molecular weight excluding hydrogens is 209 g/mol. The van der Waals surface area contributed by atoms with Crippen LogP contribution in [-0.2, 0) is 12.8 Å². The van der Waals surface area contributed by atoms with Crippen LogP contribution in [0.4, 0.5) is 0 Å². The van der Waals surface area contributed by atoms with Gasteiger partial charge in [-0.2, -0.15) is 0 Å². The van der Waals surface area contributed by atoms with Crippen LogP contribution in [0.2, 0.25) is 10.2 Å². The maximum absolute atomic E-state index is 6.05. The molecule has 1 aromatic rings. The lowest BCUT2D eigenvalue weighted by atomic mass is 10.2. The third-order valence-electron chi connectivity index (χ3n) is 2.34. The van der Waals surface area contributed by atoms with E-state index >= 15 is 0 Å². The standard InChI is InChI=1S/C9H10Cl2NO/c1-13-12-8-4-2-3-6(8)7(10)5-9(12)11/h5H,2-4H2,1H3/q+1. The summed E-state index contributed by atoms with van der Waals surface area (Å²) in [4.78, 5) is 5.17. The van der Waals surface area contributed by atoms with Crippen LogP contribution in [0.25, 0.3) is 0 Å². The predicted molar refractivity (Wildman–Crippen MR) is 51.2 cm³/mol. The van der Waals surface area contributed by atoms with E-state index in [0.29, 0.717) is 5.15 Å². The first-order valence-electron chi connectivity index (χ1n) is 4.20. The van der Waals surface area contributed by atoms with E-state index in [1.165, 1.54) is 5.56 Å². The minimum Gasteiger partial charge on any atom is -0.273 e. The molecule has 0 atom stereocenters. The van der Waals surface area contributed by atoms with Gasteiger partial charge in [0.2, 0.25) is 5.69 Å². The molecule has 1 heterocycles. The molecule has 2 rings (SSSR count). The van der Waals surface area contributed by atoms with Crippen molar-refractivity contribution in [2.75, 3.05) is 7.11 Å². The van der Waals surface area contributed by atoms with Crippen molar-refractivity contribution >= 4 is 23.2 Å². The van der Waals surface area contributed by atoms with Gasteiger partial charge in [-0.3, -0.25) is 4.84 Å². The van der Waals surface area contributed by atoms with E-state index in [4.69, 9.17) is 28.0 Å². The molecule has 70 valence electrons. The smallest absolute Gasteiger partial charge is 0.273 e. The van der Waals surface area contributed by atoms with Crippen molar-refractivity contribution in [1.29, 1.82) is 0 Å². The molecule has 13 heavy (non-hydrogen) atoms. The molecule has 4 heteroatoms. The minimum absolute atomic E-state index is 0.535. The molecule has 0 radical (unpaired) electrons. The number of pyridine rings is 1. The lowest BCUT2D eigenvalue weighted by molar-refractivity contribution is -0.888. The summed E-state index contributed by atoms with van der Waals surface area (Å²) < 4.78 is 1.65. The van der Waals surface area contributed by atoms with Crippen molar-refractivity contribution < 1.29 is 9.57 Å². The molecule has 0 bridgehead atoms. The highest BCUT2D eigenvalue weighted by Gasteiger charge is 2.29. The Labute approximate surface area is 87.0 Å². The number of fused-ring (bicyclic) bond motifs is 1. The number of aromatic nitrogens is 1. The molecule has 1 aromatic heterocycles. The van der Waals surface area contributed by atoms with Gasteiger partial charge >= 0.3 is 5.15 Å². The summed E-state index contributed by atoms with van der Waals surface area (Å²) in [5.41, 5.74) is 2.29. The average Bonchev–Trinajstić information content (AvgIpc) is 2.53. The van der Waals surface area contributed by atoms with E-state index < -0.39 is 0 Å². The molecule has 0 saturated carbocycles. The fourth-order valence-corrected chi connectivity index (χ4v) is 2.43. The molecule has 1 aliphatic carbocycles. The summed E-state index contributed by atoms with van der Waals surface area (Å²) in [5.74, 6) is 0. The monoisotopic (exact) mass is 218 g/mol. The Morgan fingerprint density at radius 1 is 1.38 bits per heavy atom. The fraction of sp³-hybridized carbons (Fsp3) is 0.444. The maximum atomic E-state index is 6.05. The Morgan fingerprint density at radius 2 is 2.15 bits per heavy atom. The Bertz CT molecular complexity index is 352. The molecule has 0 aromatic carbocycles. The zero-order chi connectivity index (χ0) is 9.42. The Morgan fingerprint density at radius 3 is 2.85 bits per heavy atom. The first kappa shape index (κ1) is 9.10. The molecule has 0 N–H and O–H groups in total. The molecule has 0 unspecified atom stereocenters. The Balaban J connectivity index is 2.65. The molecular formula is C9H10Cl2NO+. The normalized spacial score (nSPS) is 14.4. The highest BCUT2D eigenvalue weighted by Crippen LogP contribution is 2.27. The van der Waals surface area contributed by atoms with E-state index in [9.17, 15) is 0 Å². The maximum Gasteiger partial charge on any atom is 0.327 e. The highest BCUT2D eigenvalue weighted by molar-refractivity contribution is 6.34. The van der Waals surface area contributed by atoms with Crippen molar-refractivity contribution in [3.05, 3.63) is 27.5 Å². The average molecular weight is 219 g/mol. The summed E-state index contributed by atoms with van der Waals surface area (Å²) in [5, 5.41) is 1.29. The van der Waals surface area contributed by atoms with Gasteiger partial charge in [-0.1, -0.05) is 11.6 Å². The van der Waals surface area contributed by atoms with Crippen molar-refractivity contribution in [1.82, 2.24) is 0 Å². The van der Waals surface area contributed by atoms with Gasteiger partial charge in [0.15, 0.2) is 0 Å². The van der Waals surface area contributed by atoms with Crippen LogP contribution in [0.15, 0.2) is 6.07 Å². The zero-order valence-corrected chi connectivity index (χ0v) is 8.82. The predicted octanol–water partition coefficient (Wildman–Crippen LogP) is 1.83. The largest absolute Gasteiger partial charge is 0.327 e. The van der Waals surface area contributed by atoms with Crippen molar-refractivity contribution in [2.24, 2.45) is 0 Å². The van der Waals surface area contributed by atoms with Crippen LogP contribution in [0, 0.1) is 0 Å². The highest BCUT2D eigenvalue weighted by atomic mass is 35.5. The van der Waals surface area contributed by atoms with E-state index in [-0.39, 0.29) is 0 Å². The van der Waals surface area contributed by atoms with Gasteiger partial charge in [-0.25, -0.2) is 0 Å². The number of halogens is 2. The first-order valence-corrected chi connectivity index (χ1v) is 4.96. The van der Waals surface area contributed by atoms with Crippen LogP contribution in [0.5, 0.6) is 0 Å². The number of nitrogens with zero attached hydrogens (tertiary/aromatic N) is 1. The van der Waals surface area contributed by atoms with Gasteiger partial charge in [0, 0.05) is 22.8 Å². The van der Waals surface area contributed by atoms with Crippen LogP contribution in [0.1, 0.15) is 17.7 Å². The van der Waals surface area contributed by atoms with E-state index in [2.05, 4.69) is 0 Å². The summed E-state index contributed by atoms with van der Waals surface area (Å²) in [6.07, 6.45) is 3.14. The summed E-state index contributed by atoms with van der Waals surface area (Å²) in [7, 11) is 1.61. The molecule has 1 aliphatic rings. The van der Waals surface area contributed by atoms with Gasteiger partial charge in [-0.05, 0) is 24.4 Å². The van der Waals surface area contributed by atoms with Crippen molar-refractivity contribution in [2.45, 2.75) is 19.3 Å². The van der Waals surface area contributed by atoms with Gasteiger partial charge in [0.25, 0.3) is 0 Å². The van der Waals surface area contributed by atoms with Crippen LogP contribution in [-0.4, -0.2) is 7.11 Å². The fourth-order valence-electron chi connectivity index (χ4n) is 1.79. The second-order valence-corrected chi connectivity index (χ2v) is 3.87. The molecule has 0 aliphatic heterocycles. The zero-order valence-electron chi connectivity index (χ0n) is 7.31. The first-order chi connectivity index (χ1) is 6.24. The van der Waals surface area contributed by atoms with Crippen LogP contribution < -0.4 is 9.57 Å². The topological polar surface area (TPSA) is 13.1 Å². The van der Waals surface area contributed by atoms with Crippen LogP contribution in [0.3, 0.4) is 0 Å². The van der Waals surface area contributed by atoms with Crippen LogP contribution >= 0.6 is 23.2 Å².